The van der Waals surface area contributed by atoms with Crippen molar-refractivity contribution in [3.05, 3.63) is 59.4 Å². The minimum atomic E-state index is -0.703. The molecule has 38 heavy (non-hydrogen) atoms. The molecule has 0 radical (unpaired) electrons. The van der Waals surface area contributed by atoms with Crippen LogP contribution in [0, 0.1) is 23.1 Å². The van der Waals surface area contributed by atoms with Gasteiger partial charge in [-0.05, 0) is 50.8 Å². The number of anilines is 2. The lowest BCUT2D eigenvalue weighted by Crippen LogP contribution is -2.56. The molecule has 3 rings (SSSR count). The van der Waals surface area contributed by atoms with E-state index in [-0.39, 0.29) is 35.0 Å². The summed E-state index contributed by atoms with van der Waals surface area (Å²) < 4.78 is 15.3. The molecule has 2 aromatic rings. The van der Waals surface area contributed by atoms with Gasteiger partial charge in [0.2, 0.25) is 11.8 Å². The zero-order valence-corrected chi connectivity index (χ0v) is 23.0. The Morgan fingerprint density at radius 3 is 2.18 bits per heavy atom. The number of rotatable bonds is 11. The van der Waals surface area contributed by atoms with Crippen LogP contribution in [0.15, 0.2) is 42.5 Å². The van der Waals surface area contributed by atoms with Crippen molar-refractivity contribution in [1.82, 2.24) is 9.80 Å². The molecule has 0 aromatic heterocycles. The van der Waals surface area contributed by atoms with Gasteiger partial charge >= 0.3 is 0 Å². The van der Waals surface area contributed by atoms with Crippen molar-refractivity contribution < 1.29 is 14.0 Å². The topological polar surface area (TPSA) is 79.7 Å². The van der Waals surface area contributed by atoms with Crippen LogP contribution in [0.3, 0.4) is 0 Å². The Bertz CT molecular complexity index is 1120. The van der Waals surface area contributed by atoms with Crippen molar-refractivity contribution in [2.45, 2.75) is 53.0 Å². The molecule has 1 N–H and O–H groups in total. The molecule has 1 unspecified atom stereocenters. The smallest absolute Gasteiger partial charge is 0.240 e. The van der Waals surface area contributed by atoms with Gasteiger partial charge in [-0.15, -0.1) is 0 Å². The highest BCUT2D eigenvalue weighted by Gasteiger charge is 2.32. The van der Waals surface area contributed by atoms with E-state index in [0.29, 0.717) is 64.2 Å². The van der Waals surface area contributed by atoms with E-state index in [4.69, 9.17) is 0 Å². The number of nitrogens with one attached hydrogen (secondary N) is 1. The van der Waals surface area contributed by atoms with Gasteiger partial charge in [-0.1, -0.05) is 44.2 Å². The molecule has 1 fully saturated rings. The average molecular weight is 522 g/mol. The zero-order chi connectivity index (χ0) is 27.7. The van der Waals surface area contributed by atoms with Crippen LogP contribution >= 0.6 is 0 Å². The molecular weight excluding hydrogens is 481 g/mol. The predicted octanol–water partition coefficient (Wildman–Crippen LogP) is 4.67. The zero-order valence-electron chi connectivity index (χ0n) is 23.0. The van der Waals surface area contributed by atoms with E-state index >= 15 is 4.39 Å². The average Bonchev–Trinajstić information content (AvgIpc) is 2.94. The Hall–Kier alpha value is -3.44. The van der Waals surface area contributed by atoms with E-state index in [1.54, 1.807) is 12.1 Å². The van der Waals surface area contributed by atoms with Gasteiger partial charge in [0.1, 0.15) is 11.6 Å². The molecule has 2 aromatic carbocycles. The third-order valence-electron chi connectivity index (χ3n) is 7.57. The van der Waals surface area contributed by atoms with Crippen LogP contribution in [0.4, 0.5) is 15.8 Å². The largest absolute Gasteiger partial charge is 0.368 e. The van der Waals surface area contributed by atoms with Crippen molar-refractivity contribution >= 4 is 23.2 Å². The molecule has 1 aliphatic heterocycles. The summed E-state index contributed by atoms with van der Waals surface area (Å²) >= 11 is 0. The molecular formula is C30H40FN5O2. The second kappa shape index (κ2) is 13.9. The van der Waals surface area contributed by atoms with Gasteiger partial charge < -0.3 is 15.1 Å². The van der Waals surface area contributed by atoms with Gasteiger partial charge in [-0.25, -0.2) is 4.39 Å². The Labute approximate surface area is 226 Å². The lowest BCUT2D eigenvalue weighted by atomic mass is 10.0. The fraction of sp³-hybridized carbons (Fsp3) is 0.500. The van der Waals surface area contributed by atoms with E-state index in [9.17, 15) is 14.9 Å². The number of hydrogen-bond acceptors (Lipinski definition) is 5. The van der Waals surface area contributed by atoms with E-state index in [2.05, 4.69) is 10.2 Å². The Balaban J connectivity index is 1.77. The number of halogens is 1. The SMILES string of the molecule is CCC(CC)C(=O)Nc1ccc(N2CCN(C(Cc3ccccc3)C(=O)N(CC)CC)CC2)c(C#N)c1F. The first kappa shape index (κ1) is 29.1. The lowest BCUT2D eigenvalue weighted by Gasteiger charge is -2.41. The monoisotopic (exact) mass is 521 g/mol. The number of benzene rings is 2. The maximum Gasteiger partial charge on any atom is 0.240 e. The summed E-state index contributed by atoms with van der Waals surface area (Å²) in [6, 6.07) is 15.0. The highest BCUT2D eigenvalue weighted by molar-refractivity contribution is 5.93. The second-order valence-electron chi connectivity index (χ2n) is 9.67. The molecule has 204 valence electrons. The van der Waals surface area contributed by atoms with Crippen molar-refractivity contribution in [1.29, 1.82) is 5.26 Å². The molecule has 0 aliphatic carbocycles. The standard InChI is InChI=1S/C30H40FN5O2/c1-5-23(6-2)29(37)33-25-14-15-26(24(21-32)28(25)31)35-16-18-36(19-17-35)27(30(38)34(7-3)8-4)20-22-12-10-9-11-13-22/h9-15,23,27H,5-8,16-20H2,1-4H3,(H,33,37). The fourth-order valence-corrected chi connectivity index (χ4v) is 5.16. The molecule has 8 heteroatoms. The molecule has 2 amide bonds. The van der Waals surface area contributed by atoms with Crippen molar-refractivity contribution in [2.75, 3.05) is 49.5 Å². The minimum absolute atomic E-state index is 0.0357. The molecule has 7 nitrogen and oxygen atoms in total. The highest BCUT2D eigenvalue weighted by Crippen LogP contribution is 2.30. The van der Waals surface area contributed by atoms with Crippen LogP contribution in [0.25, 0.3) is 0 Å². The minimum Gasteiger partial charge on any atom is -0.368 e. The van der Waals surface area contributed by atoms with E-state index in [1.807, 2.05) is 73.9 Å². The number of likely N-dealkylation sites (N-methyl/N-ethyl adjacent to an activating group) is 1. The quantitative estimate of drug-likeness (QED) is 0.465. The lowest BCUT2D eigenvalue weighted by molar-refractivity contribution is -0.136. The summed E-state index contributed by atoms with van der Waals surface area (Å²) in [4.78, 5) is 32.0. The van der Waals surface area contributed by atoms with Crippen LogP contribution in [0.1, 0.15) is 51.7 Å². The van der Waals surface area contributed by atoms with Crippen molar-refractivity contribution in [3.8, 4) is 6.07 Å². The summed E-state index contributed by atoms with van der Waals surface area (Å²) in [6.07, 6.45) is 1.96. The fourth-order valence-electron chi connectivity index (χ4n) is 5.16. The molecule has 1 aliphatic rings. The molecule has 0 bridgehead atoms. The number of nitriles is 1. The third kappa shape index (κ3) is 6.70. The van der Waals surface area contributed by atoms with E-state index in [1.165, 1.54) is 0 Å². The first-order valence-electron chi connectivity index (χ1n) is 13.7. The van der Waals surface area contributed by atoms with Crippen LogP contribution in [0.2, 0.25) is 0 Å². The summed E-state index contributed by atoms with van der Waals surface area (Å²) in [6.45, 7) is 11.5. The summed E-state index contributed by atoms with van der Waals surface area (Å²) in [7, 11) is 0. The third-order valence-corrected chi connectivity index (χ3v) is 7.57. The summed E-state index contributed by atoms with van der Waals surface area (Å²) in [5.41, 5.74) is 1.59. The van der Waals surface area contributed by atoms with Gasteiger partial charge in [-0.2, -0.15) is 5.26 Å². The first-order valence-corrected chi connectivity index (χ1v) is 13.7. The van der Waals surface area contributed by atoms with Crippen LogP contribution in [0.5, 0.6) is 0 Å². The predicted molar refractivity (Wildman–Crippen MR) is 149 cm³/mol. The van der Waals surface area contributed by atoms with Gasteiger partial charge in [0.05, 0.1) is 17.4 Å². The van der Waals surface area contributed by atoms with Crippen LogP contribution in [-0.2, 0) is 16.0 Å². The van der Waals surface area contributed by atoms with Gasteiger partial charge in [-0.3, -0.25) is 14.5 Å². The van der Waals surface area contributed by atoms with Gasteiger partial charge in [0.15, 0.2) is 5.82 Å². The number of carbonyl (C=O) groups excluding carboxylic acids is 2. The van der Waals surface area contributed by atoms with Gasteiger partial charge in [0.25, 0.3) is 0 Å². The van der Waals surface area contributed by atoms with Crippen LogP contribution in [-0.4, -0.2) is 66.9 Å². The number of carbonyl (C=O) groups is 2. The summed E-state index contributed by atoms with van der Waals surface area (Å²) in [5.74, 6) is -1.02. The van der Waals surface area contributed by atoms with E-state index in [0.717, 1.165) is 5.56 Å². The highest BCUT2D eigenvalue weighted by atomic mass is 19.1. The van der Waals surface area contributed by atoms with Crippen molar-refractivity contribution in [3.63, 3.8) is 0 Å². The number of amides is 2. The molecule has 0 saturated carbocycles. The number of piperazine rings is 1. The number of hydrogen-bond donors (Lipinski definition) is 1. The Kier molecular flexibility index (Phi) is 10.7. The molecule has 1 atom stereocenters. The maximum absolute atomic E-state index is 15.3. The van der Waals surface area contributed by atoms with Crippen LogP contribution < -0.4 is 10.2 Å². The Morgan fingerprint density at radius 2 is 1.63 bits per heavy atom. The Morgan fingerprint density at radius 1 is 1.00 bits per heavy atom. The molecule has 1 heterocycles. The summed E-state index contributed by atoms with van der Waals surface area (Å²) in [5, 5.41) is 12.5. The molecule has 1 saturated heterocycles. The van der Waals surface area contributed by atoms with Crippen molar-refractivity contribution in [2.24, 2.45) is 5.92 Å². The maximum atomic E-state index is 15.3. The first-order chi connectivity index (χ1) is 18.4. The molecule has 0 spiro atoms. The normalized spacial score (nSPS) is 14.7. The van der Waals surface area contributed by atoms with Gasteiger partial charge in [0, 0.05) is 45.2 Å². The van der Waals surface area contributed by atoms with E-state index < -0.39 is 5.82 Å². The second-order valence-corrected chi connectivity index (χ2v) is 9.67. The number of nitrogens with zero attached hydrogens (tertiary/aromatic N) is 4.